The molecule has 0 atom stereocenters. The zero-order chi connectivity index (χ0) is 19.1. The van der Waals surface area contributed by atoms with Crippen molar-refractivity contribution in [3.05, 3.63) is 62.2 Å². The van der Waals surface area contributed by atoms with Gasteiger partial charge in [-0.1, -0.05) is 6.07 Å². The number of nitrogens with zero attached hydrogens (tertiary/aromatic N) is 4. The van der Waals surface area contributed by atoms with Crippen molar-refractivity contribution in [1.29, 1.82) is 0 Å². The Morgan fingerprint density at radius 3 is 2.38 bits per heavy atom. The fourth-order valence-corrected chi connectivity index (χ4v) is 3.18. The van der Waals surface area contributed by atoms with Crippen LogP contribution in [-0.4, -0.2) is 43.1 Å². The Morgan fingerprint density at radius 1 is 1.15 bits per heavy atom. The van der Waals surface area contributed by atoms with E-state index in [1.807, 2.05) is 13.0 Å². The molecule has 2 aromatic rings. The van der Waals surface area contributed by atoms with E-state index in [1.165, 1.54) is 24.7 Å². The number of hydrogen-bond donors (Lipinski definition) is 1. The summed E-state index contributed by atoms with van der Waals surface area (Å²) in [5.74, 6) is -0.388. The van der Waals surface area contributed by atoms with Crippen molar-refractivity contribution in [2.24, 2.45) is 14.1 Å². The maximum Gasteiger partial charge on any atom is 0.331 e. The van der Waals surface area contributed by atoms with Gasteiger partial charge in [-0.3, -0.25) is 23.7 Å². The number of pyridine rings is 1. The average Bonchev–Trinajstić information content (AvgIpc) is 2.63. The second kappa shape index (κ2) is 6.53. The van der Waals surface area contributed by atoms with E-state index in [9.17, 15) is 19.5 Å². The average molecular weight is 358 g/mol. The Kier molecular flexibility index (Phi) is 4.53. The second-order valence-electron chi connectivity index (χ2n) is 6.81. The number of carbonyl (C=O) groups excluding carboxylic acids is 1. The normalized spacial score (nSPS) is 16.5. The molecular weight excluding hydrogens is 336 g/mol. The van der Waals surface area contributed by atoms with E-state index in [2.05, 4.69) is 4.98 Å². The van der Waals surface area contributed by atoms with Gasteiger partial charge in [0.05, 0.1) is 5.69 Å². The highest BCUT2D eigenvalue weighted by Gasteiger charge is 2.37. The summed E-state index contributed by atoms with van der Waals surface area (Å²) in [7, 11) is 2.83. The molecule has 0 aliphatic carbocycles. The molecule has 0 radical (unpaired) electrons. The van der Waals surface area contributed by atoms with E-state index in [4.69, 9.17) is 0 Å². The summed E-state index contributed by atoms with van der Waals surface area (Å²) in [4.78, 5) is 42.5. The quantitative estimate of drug-likeness (QED) is 0.809. The number of aliphatic hydroxyl groups is 1. The third kappa shape index (κ3) is 3.08. The number of rotatable bonds is 2. The SMILES string of the molecule is Cc1ccc(C2(O)CCN(C(=O)c3cc(=O)n(C)c(=O)n3C)CC2)nc1. The van der Waals surface area contributed by atoms with Gasteiger partial charge in [0.1, 0.15) is 11.3 Å². The molecule has 26 heavy (non-hydrogen) atoms. The topological polar surface area (TPSA) is 97.4 Å². The second-order valence-corrected chi connectivity index (χ2v) is 6.81. The van der Waals surface area contributed by atoms with Crippen LogP contribution in [0.3, 0.4) is 0 Å². The van der Waals surface area contributed by atoms with Crippen molar-refractivity contribution < 1.29 is 9.90 Å². The molecule has 2 aromatic heterocycles. The standard InChI is InChI=1S/C18H22N4O4/c1-12-4-5-14(19-11-12)18(26)6-8-22(9-7-18)16(24)13-10-15(23)21(3)17(25)20(13)2/h4-5,10-11,26H,6-9H2,1-3H3. The van der Waals surface area contributed by atoms with Crippen LogP contribution in [0.2, 0.25) is 0 Å². The van der Waals surface area contributed by atoms with E-state index in [0.29, 0.717) is 31.6 Å². The number of hydrogen-bond acceptors (Lipinski definition) is 5. The van der Waals surface area contributed by atoms with Crippen molar-refractivity contribution in [1.82, 2.24) is 19.0 Å². The summed E-state index contributed by atoms with van der Waals surface area (Å²) in [6, 6.07) is 4.87. The maximum atomic E-state index is 12.7. The van der Waals surface area contributed by atoms with Gasteiger partial charge in [-0.05, 0) is 31.4 Å². The van der Waals surface area contributed by atoms with E-state index in [-0.39, 0.29) is 11.6 Å². The summed E-state index contributed by atoms with van der Waals surface area (Å²) in [6.07, 6.45) is 2.39. The van der Waals surface area contributed by atoms with Gasteiger partial charge in [-0.2, -0.15) is 0 Å². The summed E-state index contributed by atoms with van der Waals surface area (Å²) < 4.78 is 2.13. The predicted octanol–water partition coefficient (Wildman–Crippen LogP) is -0.0888. The van der Waals surface area contributed by atoms with Gasteiger partial charge in [-0.25, -0.2) is 4.79 Å². The monoisotopic (exact) mass is 358 g/mol. The van der Waals surface area contributed by atoms with Crippen LogP contribution in [0.5, 0.6) is 0 Å². The highest BCUT2D eigenvalue weighted by Crippen LogP contribution is 2.31. The molecule has 1 aliphatic rings. The molecule has 1 saturated heterocycles. The lowest BCUT2D eigenvalue weighted by Crippen LogP contribution is -2.48. The third-order valence-electron chi connectivity index (χ3n) is 5.01. The molecule has 0 spiro atoms. The van der Waals surface area contributed by atoms with Crippen molar-refractivity contribution in [2.75, 3.05) is 13.1 Å². The zero-order valence-electron chi connectivity index (χ0n) is 15.1. The Balaban J connectivity index is 1.80. The Bertz CT molecular complexity index is 951. The molecule has 3 rings (SSSR count). The molecule has 0 aromatic carbocycles. The van der Waals surface area contributed by atoms with E-state index >= 15 is 0 Å². The first kappa shape index (κ1) is 18.1. The Hall–Kier alpha value is -2.74. The van der Waals surface area contributed by atoms with Crippen molar-refractivity contribution in [2.45, 2.75) is 25.4 Å². The van der Waals surface area contributed by atoms with Crippen LogP contribution in [-0.2, 0) is 19.7 Å². The molecular formula is C18H22N4O4. The smallest absolute Gasteiger partial charge is 0.331 e. The van der Waals surface area contributed by atoms with Crippen LogP contribution < -0.4 is 11.2 Å². The summed E-state index contributed by atoms with van der Waals surface area (Å²) in [5, 5.41) is 10.9. The van der Waals surface area contributed by atoms with Crippen LogP contribution in [0.25, 0.3) is 0 Å². The minimum atomic E-state index is -1.08. The summed E-state index contributed by atoms with van der Waals surface area (Å²) >= 11 is 0. The maximum absolute atomic E-state index is 12.7. The lowest BCUT2D eigenvalue weighted by molar-refractivity contribution is -0.0246. The van der Waals surface area contributed by atoms with Gasteiger partial charge in [0.2, 0.25) is 0 Å². The largest absolute Gasteiger partial charge is 0.383 e. The number of aromatic nitrogens is 3. The predicted molar refractivity (Wildman–Crippen MR) is 94.9 cm³/mol. The number of carbonyl (C=O) groups is 1. The third-order valence-corrected chi connectivity index (χ3v) is 5.01. The molecule has 1 N–H and O–H groups in total. The van der Waals surface area contributed by atoms with Gasteiger partial charge in [-0.15, -0.1) is 0 Å². The molecule has 1 amide bonds. The fourth-order valence-electron chi connectivity index (χ4n) is 3.18. The van der Waals surface area contributed by atoms with Crippen LogP contribution in [0.1, 0.15) is 34.6 Å². The highest BCUT2D eigenvalue weighted by molar-refractivity contribution is 5.92. The van der Waals surface area contributed by atoms with Crippen LogP contribution >= 0.6 is 0 Å². The van der Waals surface area contributed by atoms with Crippen LogP contribution in [0, 0.1) is 6.92 Å². The lowest BCUT2D eigenvalue weighted by atomic mass is 9.87. The molecule has 3 heterocycles. The summed E-state index contributed by atoms with van der Waals surface area (Å²) in [5.41, 5.74) is -0.486. The number of piperidine rings is 1. The molecule has 1 aliphatic heterocycles. The number of likely N-dealkylation sites (tertiary alicyclic amines) is 1. The van der Waals surface area contributed by atoms with Gasteiger partial charge in [0.15, 0.2) is 0 Å². The van der Waals surface area contributed by atoms with Gasteiger partial charge < -0.3 is 10.0 Å². The fraction of sp³-hybridized carbons (Fsp3) is 0.444. The Morgan fingerprint density at radius 2 is 1.81 bits per heavy atom. The Labute approximate surface area is 150 Å². The van der Waals surface area contributed by atoms with E-state index < -0.39 is 16.9 Å². The van der Waals surface area contributed by atoms with Crippen molar-refractivity contribution >= 4 is 5.91 Å². The van der Waals surface area contributed by atoms with Gasteiger partial charge >= 0.3 is 5.69 Å². The van der Waals surface area contributed by atoms with Crippen LogP contribution in [0.4, 0.5) is 0 Å². The molecule has 1 fully saturated rings. The first-order valence-electron chi connectivity index (χ1n) is 8.45. The number of amides is 1. The van der Waals surface area contributed by atoms with E-state index in [0.717, 1.165) is 10.1 Å². The first-order valence-corrected chi connectivity index (χ1v) is 8.45. The van der Waals surface area contributed by atoms with Crippen LogP contribution in [0.15, 0.2) is 34.0 Å². The first-order chi connectivity index (χ1) is 12.2. The summed E-state index contributed by atoms with van der Waals surface area (Å²) in [6.45, 7) is 2.55. The van der Waals surface area contributed by atoms with Crippen molar-refractivity contribution in [3.63, 3.8) is 0 Å². The molecule has 8 nitrogen and oxygen atoms in total. The minimum Gasteiger partial charge on any atom is -0.383 e. The highest BCUT2D eigenvalue weighted by atomic mass is 16.3. The van der Waals surface area contributed by atoms with E-state index in [1.54, 1.807) is 17.2 Å². The molecule has 8 heteroatoms. The number of aryl methyl sites for hydroxylation is 1. The van der Waals surface area contributed by atoms with Gasteiger partial charge in [0.25, 0.3) is 11.5 Å². The lowest BCUT2D eigenvalue weighted by Gasteiger charge is -2.38. The van der Waals surface area contributed by atoms with Crippen molar-refractivity contribution in [3.8, 4) is 0 Å². The van der Waals surface area contributed by atoms with Gasteiger partial charge in [0, 0.05) is 39.4 Å². The zero-order valence-corrected chi connectivity index (χ0v) is 15.1. The molecule has 0 saturated carbocycles. The minimum absolute atomic E-state index is 0.0528. The molecule has 138 valence electrons. The molecule has 0 unspecified atom stereocenters. The molecule has 0 bridgehead atoms.